The standard InChI is InChI=1S/C17H18N2O6S/c1-4-24-12-5-6-14(15(8-12)19(22)23)18-16(20)9-25-17(21)13-7-10(2)26-11(13)3/h5-8H,4,9H2,1-3H3,(H,18,20). The van der Waals surface area contributed by atoms with Gasteiger partial charge in [-0.05, 0) is 39.0 Å². The number of aryl methyl sites for hydroxylation is 2. The molecule has 0 aliphatic rings. The van der Waals surface area contributed by atoms with E-state index in [4.69, 9.17) is 9.47 Å². The maximum atomic E-state index is 12.0. The van der Waals surface area contributed by atoms with Gasteiger partial charge in [0.25, 0.3) is 11.6 Å². The Labute approximate surface area is 153 Å². The SMILES string of the molecule is CCOc1ccc(NC(=O)COC(=O)c2cc(C)sc2C)c([N+](=O)[O-])c1. The predicted octanol–water partition coefficient (Wildman–Crippen LogP) is 3.47. The van der Waals surface area contributed by atoms with Gasteiger partial charge < -0.3 is 14.8 Å². The minimum Gasteiger partial charge on any atom is -0.494 e. The number of nitro benzene ring substituents is 1. The van der Waals surface area contributed by atoms with E-state index in [1.54, 1.807) is 19.9 Å². The highest BCUT2D eigenvalue weighted by Crippen LogP contribution is 2.29. The lowest BCUT2D eigenvalue weighted by Crippen LogP contribution is -2.21. The van der Waals surface area contributed by atoms with Crippen molar-refractivity contribution in [2.75, 3.05) is 18.5 Å². The number of rotatable bonds is 7. The molecule has 1 N–H and O–H groups in total. The Hall–Kier alpha value is -2.94. The van der Waals surface area contributed by atoms with Crippen molar-refractivity contribution in [3.8, 4) is 5.75 Å². The molecule has 2 rings (SSSR count). The number of thiophene rings is 1. The van der Waals surface area contributed by atoms with Crippen LogP contribution in [0.5, 0.6) is 5.75 Å². The highest BCUT2D eigenvalue weighted by atomic mass is 32.1. The molecule has 0 aliphatic carbocycles. The largest absolute Gasteiger partial charge is 0.494 e. The van der Waals surface area contributed by atoms with E-state index < -0.39 is 23.4 Å². The van der Waals surface area contributed by atoms with Crippen molar-refractivity contribution in [3.63, 3.8) is 0 Å². The Morgan fingerprint density at radius 3 is 2.58 bits per heavy atom. The summed E-state index contributed by atoms with van der Waals surface area (Å²) in [6.45, 7) is 5.23. The van der Waals surface area contributed by atoms with Crippen LogP contribution in [0, 0.1) is 24.0 Å². The number of anilines is 1. The average Bonchev–Trinajstić information content (AvgIpc) is 2.92. The van der Waals surface area contributed by atoms with Gasteiger partial charge in [-0.1, -0.05) is 0 Å². The lowest BCUT2D eigenvalue weighted by atomic mass is 10.2. The van der Waals surface area contributed by atoms with E-state index in [2.05, 4.69) is 5.32 Å². The molecule has 0 radical (unpaired) electrons. The molecule has 0 saturated carbocycles. The number of benzene rings is 1. The van der Waals surface area contributed by atoms with E-state index in [1.165, 1.54) is 29.5 Å². The first-order chi connectivity index (χ1) is 12.3. The van der Waals surface area contributed by atoms with Gasteiger partial charge in [-0.2, -0.15) is 0 Å². The van der Waals surface area contributed by atoms with Gasteiger partial charge in [0, 0.05) is 9.75 Å². The van der Waals surface area contributed by atoms with Crippen LogP contribution in [0.2, 0.25) is 0 Å². The van der Waals surface area contributed by atoms with Gasteiger partial charge in [0.05, 0.1) is 23.2 Å². The third kappa shape index (κ3) is 4.79. The van der Waals surface area contributed by atoms with Crippen LogP contribution in [-0.4, -0.2) is 30.0 Å². The number of hydrogen-bond donors (Lipinski definition) is 1. The van der Waals surface area contributed by atoms with Gasteiger partial charge in [0.1, 0.15) is 11.4 Å². The molecule has 0 bridgehead atoms. The number of carbonyl (C=O) groups excluding carboxylic acids is 2. The van der Waals surface area contributed by atoms with Gasteiger partial charge in [0.15, 0.2) is 6.61 Å². The summed E-state index contributed by atoms with van der Waals surface area (Å²) in [7, 11) is 0. The van der Waals surface area contributed by atoms with Crippen molar-refractivity contribution in [2.45, 2.75) is 20.8 Å². The van der Waals surface area contributed by atoms with Crippen molar-refractivity contribution in [2.24, 2.45) is 0 Å². The normalized spacial score (nSPS) is 10.3. The Kier molecular flexibility index (Phi) is 6.29. The fourth-order valence-electron chi connectivity index (χ4n) is 2.25. The van der Waals surface area contributed by atoms with E-state index in [0.717, 1.165) is 9.75 Å². The summed E-state index contributed by atoms with van der Waals surface area (Å²) < 4.78 is 10.2. The second-order valence-corrected chi connectivity index (χ2v) is 6.78. The number of ether oxygens (including phenoxy) is 2. The summed E-state index contributed by atoms with van der Waals surface area (Å²) in [5.74, 6) is -0.953. The van der Waals surface area contributed by atoms with Crippen molar-refractivity contribution >= 4 is 34.6 Å². The third-order valence-corrected chi connectivity index (χ3v) is 4.31. The van der Waals surface area contributed by atoms with Crippen LogP contribution in [0.25, 0.3) is 0 Å². The molecular formula is C17H18N2O6S. The molecule has 0 unspecified atom stereocenters. The minimum absolute atomic E-state index is 0.00191. The first-order valence-electron chi connectivity index (χ1n) is 7.77. The van der Waals surface area contributed by atoms with Crippen molar-refractivity contribution in [3.05, 3.63) is 49.7 Å². The quantitative estimate of drug-likeness (QED) is 0.449. The number of amides is 1. The summed E-state index contributed by atoms with van der Waals surface area (Å²) >= 11 is 1.46. The lowest BCUT2D eigenvalue weighted by Gasteiger charge is -2.09. The fourth-order valence-corrected chi connectivity index (χ4v) is 3.17. The summed E-state index contributed by atoms with van der Waals surface area (Å²) in [6.07, 6.45) is 0. The van der Waals surface area contributed by atoms with E-state index in [-0.39, 0.29) is 11.4 Å². The van der Waals surface area contributed by atoms with E-state index in [9.17, 15) is 19.7 Å². The molecule has 1 amide bonds. The molecule has 0 aliphatic heterocycles. The van der Waals surface area contributed by atoms with E-state index in [0.29, 0.717) is 17.9 Å². The van der Waals surface area contributed by atoms with Crippen LogP contribution < -0.4 is 10.1 Å². The summed E-state index contributed by atoms with van der Waals surface area (Å²) in [4.78, 5) is 36.3. The summed E-state index contributed by atoms with van der Waals surface area (Å²) in [5, 5.41) is 13.5. The zero-order valence-electron chi connectivity index (χ0n) is 14.5. The highest BCUT2D eigenvalue weighted by molar-refractivity contribution is 7.12. The smallest absolute Gasteiger partial charge is 0.339 e. The summed E-state index contributed by atoms with van der Waals surface area (Å²) in [5.41, 5.74) is 0.106. The average molecular weight is 378 g/mol. The number of nitrogens with zero attached hydrogens (tertiary/aromatic N) is 1. The van der Waals surface area contributed by atoms with Crippen molar-refractivity contribution in [1.82, 2.24) is 0 Å². The number of carbonyl (C=O) groups is 2. The minimum atomic E-state index is -0.671. The molecule has 1 heterocycles. The first kappa shape index (κ1) is 19.4. The molecule has 8 nitrogen and oxygen atoms in total. The molecule has 1 aromatic heterocycles. The second kappa shape index (κ2) is 8.43. The monoisotopic (exact) mass is 378 g/mol. The molecule has 1 aromatic carbocycles. The van der Waals surface area contributed by atoms with Gasteiger partial charge in [-0.15, -0.1) is 11.3 Å². The molecule has 0 spiro atoms. The molecule has 9 heteroatoms. The predicted molar refractivity (Wildman–Crippen MR) is 97.0 cm³/mol. The maximum absolute atomic E-state index is 12.0. The van der Waals surface area contributed by atoms with Gasteiger partial charge >= 0.3 is 5.97 Å². The zero-order chi connectivity index (χ0) is 19.3. The van der Waals surface area contributed by atoms with Gasteiger partial charge in [0.2, 0.25) is 0 Å². The van der Waals surface area contributed by atoms with E-state index in [1.807, 2.05) is 6.92 Å². The number of esters is 1. The Morgan fingerprint density at radius 1 is 1.27 bits per heavy atom. The molecule has 0 atom stereocenters. The fraction of sp³-hybridized carbons (Fsp3) is 0.294. The van der Waals surface area contributed by atoms with Crippen molar-refractivity contribution in [1.29, 1.82) is 0 Å². The van der Waals surface area contributed by atoms with Gasteiger partial charge in [-0.3, -0.25) is 14.9 Å². The first-order valence-corrected chi connectivity index (χ1v) is 8.58. The number of hydrogen-bond acceptors (Lipinski definition) is 7. The Morgan fingerprint density at radius 2 is 2.00 bits per heavy atom. The molecule has 0 saturated heterocycles. The highest BCUT2D eigenvalue weighted by Gasteiger charge is 2.19. The molecule has 26 heavy (non-hydrogen) atoms. The number of nitro groups is 1. The van der Waals surface area contributed by atoms with Crippen LogP contribution in [0.15, 0.2) is 24.3 Å². The maximum Gasteiger partial charge on any atom is 0.339 e. The van der Waals surface area contributed by atoms with Crippen molar-refractivity contribution < 1.29 is 24.0 Å². The second-order valence-electron chi connectivity index (χ2n) is 5.32. The third-order valence-electron chi connectivity index (χ3n) is 3.35. The molecule has 138 valence electrons. The Bertz CT molecular complexity index is 846. The molecular weight excluding hydrogens is 360 g/mol. The van der Waals surface area contributed by atoms with Crippen LogP contribution >= 0.6 is 11.3 Å². The molecule has 0 fully saturated rings. The van der Waals surface area contributed by atoms with Crippen LogP contribution in [-0.2, 0) is 9.53 Å². The van der Waals surface area contributed by atoms with Crippen LogP contribution in [0.3, 0.4) is 0 Å². The molecule has 2 aromatic rings. The summed E-state index contributed by atoms with van der Waals surface area (Å²) in [6, 6.07) is 5.80. The lowest BCUT2D eigenvalue weighted by molar-refractivity contribution is -0.384. The number of nitrogens with one attached hydrogen (secondary N) is 1. The van der Waals surface area contributed by atoms with Gasteiger partial charge in [-0.25, -0.2) is 4.79 Å². The van der Waals surface area contributed by atoms with Crippen LogP contribution in [0.4, 0.5) is 11.4 Å². The Balaban J connectivity index is 2.02. The van der Waals surface area contributed by atoms with E-state index >= 15 is 0 Å². The topological polar surface area (TPSA) is 108 Å². The zero-order valence-corrected chi connectivity index (χ0v) is 15.3. The van der Waals surface area contributed by atoms with Crippen LogP contribution in [0.1, 0.15) is 27.0 Å².